The quantitative estimate of drug-likeness (QED) is 0.169. The highest BCUT2D eigenvalue weighted by atomic mass is 127. The molecule has 1 heterocycles. The molecule has 43 heavy (non-hydrogen) atoms. The van der Waals surface area contributed by atoms with E-state index in [1.165, 1.54) is 13.2 Å². The number of ether oxygens (including phenoxy) is 3. The fourth-order valence-electron chi connectivity index (χ4n) is 3.91. The largest absolute Gasteiger partial charge is 0.495 e. The van der Waals surface area contributed by atoms with Crippen molar-refractivity contribution in [3.63, 3.8) is 0 Å². The molecule has 3 aromatic rings. The number of benzene rings is 3. The number of alkyl halides is 3. The van der Waals surface area contributed by atoms with Crippen LogP contribution in [-0.4, -0.2) is 42.2 Å². The number of methoxy groups -OCH3 is 1. The van der Waals surface area contributed by atoms with Crippen LogP contribution >= 0.6 is 46.0 Å². The third-order valence-corrected chi connectivity index (χ3v) is 7.86. The van der Waals surface area contributed by atoms with E-state index in [0.29, 0.717) is 55.0 Å². The van der Waals surface area contributed by atoms with Gasteiger partial charge in [-0.2, -0.15) is 13.2 Å². The number of nitrogens with zero attached hydrogens (tertiary/aromatic N) is 1. The molecule has 1 fully saturated rings. The molecular formula is C29H23ClF3IN2O6S. The number of rotatable bonds is 10. The Labute approximate surface area is 267 Å². The third-order valence-electron chi connectivity index (χ3n) is 5.90. The van der Waals surface area contributed by atoms with Crippen molar-refractivity contribution in [3.05, 3.63) is 84.8 Å². The molecule has 226 valence electrons. The Kier molecular flexibility index (Phi) is 10.5. The molecular weight excluding hydrogens is 724 g/mol. The number of anilines is 1. The van der Waals surface area contributed by atoms with Crippen molar-refractivity contribution in [2.75, 3.05) is 25.6 Å². The minimum absolute atomic E-state index is 0.0179. The number of nitrogens with one attached hydrogen (secondary N) is 1. The first-order chi connectivity index (χ1) is 20.4. The van der Waals surface area contributed by atoms with Gasteiger partial charge in [0, 0.05) is 5.02 Å². The van der Waals surface area contributed by atoms with Crippen LogP contribution in [0.5, 0.6) is 17.2 Å². The average Bonchev–Trinajstić information content (AvgIpc) is 3.20. The normalized spacial score (nSPS) is 14.3. The zero-order valence-corrected chi connectivity index (χ0v) is 26.3. The van der Waals surface area contributed by atoms with Gasteiger partial charge in [0.25, 0.3) is 11.1 Å². The van der Waals surface area contributed by atoms with Gasteiger partial charge in [-0.25, -0.2) is 0 Å². The lowest BCUT2D eigenvalue weighted by atomic mass is 10.1. The van der Waals surface area contributed by atoms with Crippen LogP contribution in [0.15, 0.2) is 59.5 Å². The van der Waals surface area contributed by atoms with E-state index < -0.39 is 35.3 Å². The number of carbonyl (C=O) groups excluding carboxylic acids is 3. The Balaban J connectivity index is 1.49. The Bertz CT molecular complexity index is 1580. The van der Waals surface area contributed by atoms with Crippen LogP contribution in [0.2, 0.25) is 5.02 Å². The first-order valence-corrected chi connectivity index (χ1v) is 14.8. The molecule has 14 heteroatoms. The number of halogens is 5. The third kappa shape index (κ3) is 8.15. The summed E-state index contributed by atoms with van der Waals surface area (Å²) in [5, 5.41) is 2.20. The molecule has 0 unspecified atom stereocenters. The molecule has 4 rings (SSSR count). The van der Waals surface area contributed by atoms with Gasteiger partial charge in [0.1, 0.15) is 18.9 Å². The molecule has 0 spiro atoms. The van der Waals surface area contributed by atoms with Crippen LogP contribution in [0.3, 0.4) is 0 Å². The van der Waals surface area contributed by atoms with E-state index >= 15 is 0 Å². The van der Waals surface area contributed by atoms with Crippen molar-refractivity contribution in [2.24, 2.45) is 0 Å². The van der Waals surface area contributed by atoms with Gasteiger partial charge >= 0.3 is 6.18 Å². The number of hydrogen-bond donors (Lipinski definition) is 1. The van der Waals surface area contributed by atoms with Crippen LogP contribution < -0.4 is 19.5 Å². The van der Waals surface area contributed by atoms with Gasteiger partial charge < -0.3 is 19.5 Å². The number of carbonyl (C=O) groups is 3. The topological polar surface area (TPSA) is 94.2 Å². The molecule has 0 radical (unpaired) electrons. The number of hydrogen-bond acceptors (Lipinski definition) is 7. The lowest BCUT2D eigenvalue weighted by molar-refractivity contribution is -0.137. The Morgan fingerprint density at radius 1 is 1.07 bits per heavy atom. The predicted molar refractivity (Wildman–Crippen MR) is 165 cm³/mol. The Morgan fingerprint density at radius 2 is 1.79 bits per heavy atom. The summed E-state index contributed by atoms with van der Waals surface area (Å²) in [6.45, 7) is 1.72. The Hall–Kier alpha value is -3.43. The van der Waals surface area contributed by atoms with Crippen LogP contribution in [0.4, 0.5) is 23.7 Å². The van der Waals surface area contributed by atoms with E-state index in [1.807, 2.05) is 19.1 Å². The van der Waals surface area contributed by atoms with Gasteiger partial charge in [-0.15, -0.1) is 0 Å². The van der Waals surface area contributed by atoms with Crippen molar-refractivity contribution in [3.8, 4) is 17.2 Å². The highest BCUT2D eigenvalue weighted by Crippen LogP contribution is 2.38. The maximum absolute atomic E-state index is 13.1. The van der Waals surface area contributed by atoms with E-state index in [4.69, 9.17) is 25.8 Å². The molecule has 0 saturated carbocycles. The fraction of sp³-hybridized carbons (Fsp3) is 0.207. The van der Waals surface area contributed by atoms with E-state index in [2.05, 4.69) is 27.9 Å². The maximum atomic E-state index is 13.1. The molecule has 1 aliphatic heterocycles. The predicted octanol–water partition coefficient (Wildman–Crippen LogP) is 7.62. The molecule has 0 bridgehead atoms. The fourth-order valence-corrected chi connectivity index (χ4v) is 5.66. The summed E-state index contributed by atoms with van der Waals surface area (Å²) in [6.07, 6.45) is -3.16. The second-order valence-corrected chi connectivity index (χ2v) is 11.5. The molecule has 0 atom stereocenters. The molecule has 1 saturated heterocycles. The highest BCUT2D eigenvalue weighted by molar-refractivity contribution is 14.1. The van der Waals surface area contributed by atoms with Gasteiger partial charge in [-0.1, -0.05) is 23.7 Å². The lowest BCUT2D eigenvalue weighted by Crippen LogP contribution is -2.36. The van der Waals surface area contributed by atoms with Gasteiger partial charge in [-0.05, 0) is 101 Å². The van der Waals surface area contributed by atoms with Crippen molar-refractivity contribution < 1.29 is 41.8 Å². The summed E-state index contributed by atoms with van der Waals surface area (Å²) in [5.41, 5.74) is 0.202. The Morgan fingerprint density at radius 3 is 2.44 bits per heavy atom. The average molecular weight is 747 g/mol. The van der Waals surface area contributed by atoms with E-state index in [1.54, 1.807) is 24.3 Å². The minimum Gasteiger partial charge on any atom is -0.495 e. The summed E-state index contributed by atoms with van der Waals surface area (Å²) in [4.78, 5) is 39.1. The number of thioether (sulfide) groups is 1. The lowest BCUT2D eigenvalue weighted by Gasteiger charge is -2.16. The van der Waals surface area contributed by atoms with Gasteiger partial charge in [-0.3, -0.25) is 19.3 Å². The molecule has 3 aromatic carbocycles. The zero-order chi connectivity index (χ0) is 31.3. The standard InChI is InChI=1S/C29H23ClF3IN2O6S/c1-3-41-23-11-17(10-20(34)26(23)42-15-16-4-7-19(30)8-5-16)12-24-27(38)36(28(39)43-24)14-25(37)35-21-13-18(29(31,32)33)6-9-22(21)40-2/h4-13H,3,14-15H2,1-2H3,(H,35,37)/b24-12-. The summed E-state index contributed by atoms with van der Waals surface area (Å²) in [7, 11) is 1.23. The first-order valence-electron chi connectivity index (χ1n) is 12.5. The second-order valence-electron chi connectivity index (χ2n) is 8.91. The van der Waals surface area contributed by atoms with Crippen LogP contribution in [-0.2, 0) is 22.4 Å². The van der Waals surface area contributed by atoms with Crippen LogP contribution in [0.25, 0.3) is 6.08 Å². The van der Waals surface area contributed by atoms with Crippen molar-refractivity contribution in [1.29, 1.82) is 0 Å². The van der Waals surface area contributed by atoms with Crippen molar-refractivity contribution in [1.82, 2.24) is 4.90 Å². The van der Waals surface area contributed by atoms with Gasteiger partial charge in [0.05, 0.1) is 33.4 Å². The minimum atomic E-state index is -4.65. The van der Waals surface area contributed by atoms with Crippen LogP contribution in [0, 0.1) is 3.57 Å². The molecule has 1 aliphatic rings. The summed E-state index contributed by atoms with van der Waals surface area (Å²) in [6, 6.07) is 13.2. The SMILES string of the molecule is CCOc1cc(/C=C2\SC(=O)N(CC(=O)Nc3cc(C(F)(F)F)ccc3OC)C2=O)cc(I)c1OCc1ccc(Cl)cc1. The molecule has 0 aromatic heterocycles. The second kappa shape index (κ2) is 13.9. The van der Waals surface area contributed by atoms with E-state index in [0.717, 1.165) is 17.7 Å². The van der Waals surface area contributed by atoms with E-state index in [9.17, 15) is 27.6 Å². The first kappa shape index (κ1) is 32.5. The molecule has 8 nitrogen and oxygen atoms in total. The van der Waals surface area contributed by atoms with E-state index in [-0.39, 0.29) is 22.9 Å². The van der Waals surface area contributed by atoms with Crippen molar-refractivity contribution >= 4 is 74.8 Å². The number of imide groups is 1. The summed E-state index contributed by atoms with van der Waals surface area (Å²) in [5.74, 6) is -0.683. The monoisotopic (exact) mass is 746 g/mol. The highest BCUT2D eigenvalue weighted by Gasteiger charge is 2.37. The molecule has 0 aliphatic carbocycles. The van der Waals surface area contributed by atoms with Gasteiger partial charge in [0.15, 0.2) is 11.5 Å². The smallest absolute Gasteiger partial charge is 0.416 e. The maximum Gasteiger partial charge on any atom is 0.416 e. The van der Waals surface area contributed by atoms with Crippen LogP contribution in [0.1, 0.15) is 23.6 Å². The van der Waals surface area contributed by atoms with Crippen molar-refractivity contribution in [2.45, 2.75) is 19.7 Å². The summed E-state index contributed by atoms with van der Waals surface area (Å²) < 4.78 is 57.0. The van der Waals surface area contributed by atoms with Gasteiger partial charge in [0.2, 0.25) is 5.91 Å². The zero-order valence-electron chi connectivity index (χ0n) is 22.6. The summed E-state index contributed by atoms with van der Waals surface area (Å²) >= 11 is 8.66. The molecule has 1 N–H and O–H groups in total. The molecule has 3 amide bonds. The number of amides is 3.